The molecule has 7 nitrogen and oxygen atoms in total. The summed E-state index contributed by atoms with van der Waals surface area (Å²) < 4.78 is 0. The number of nitrogens with zero attached hydrogens (tertiary/aromatic N) is 1. The van der Waals surface area contributed by atoms with Gasteiger partial charge in [-0.05, 0) is 22.6 Å². The van der Waals surface area contributed by atoms with Crippen molar-refractivity contribution in [3.05, 3.63) is 41.5 Å². The van der Waals surface area contributed by atoms with Crippen LogP contribution >= 0.6 is 12.6 Å². The third-order valence-electron chi connectivity index (χ3n) is 4.47. The minimum absolute atomic E-state index is 0.0633. The molecule has 0 saturated carbocycles. The molecule has 1 atom stereocenters. The van der Waals surface area contributed by atoms with E-state index in [9.17, 15) is 19.2 Å². The van der Waals surface area contributed by atoms with Crippen molar-refractivity contribution in [1.82, 2.24) is 10.2 Å². The van der Waals surface area contributed by atoms with Gasteiger partial charge in [-0.3, -0.25) is 19.3 Å². The van der Waals surface area contributed by atoms with Crippen molar-refractivity contribution < 1.29 is 24.3 Å². The molecule has 28 heavy (non-hydrogen) atoms. The second-order valence-electron chi connectivity index (χ2n) is 6.91. The number of hydrogen-bond donors (Lipinski definition) is 3. The minimum Gasteiger partial charge on any atom is -0.478 e. The van der Waals surface area contributed by atoms with Crippen LogP contribution in [0.5, 0.6) is 0 Å². The lowest BCUT2D eigenvalue weighted by atomic mass is 9.97. The lowest BCUT2D eigenvalue weighted by Gasteiger charge is -2.15. The number of carboxylic acids is 1. The molecule has 1 heterocycles. The van der Waals surface area contributed by atoms with E-state index in [1.54, 1.807) is 12.1 Å². The molecule has 0 bridgehead atoms. The van der Waals surface area contributed by atoms with Gasteiger partial charge in [0.25, 0.3) is 0 Å². The second-order valence-corrected chi connectivity index (χ2v) is 7.54. The van der Waals surface area contributed by atoms with Crippen LogP contribution in [0.4, 0.5) is 0 Å². The fourth-order valence-corrected chi connectivity index (χ4v) is 3.21. The highest BCUT2D eigenvalue weighted by atomic mass is 32.1. The molecule has 8 heteroatoms. The lowest BCUT2D eigenvalue weighted by Crippen LogP contribution is -2.38. The molecule has 1 aliphatic rings. The van der Waals surface area contributed by atoms with Crippen LogP contribution in [0, 0.1) is 0 Å². The first-order chi connectivity index (χ1) is 13.2. The smallest absolute Gasteiger partial charge is 0.328 e. The van der Waals surface area contributed by atoms with Crippen molar-refractivity contribution in [2.24, 2.45) is 0 Å². The number of rotatable bonds is 8. The number of carbonyl (C=O) groups is 4. The lowest BCUT2D eigenvalue weighted by molar-refractivity contribution is -0.138. The Hall–Kier alpha value is -2.61. The van der Waals surface area contributed by atoms with Crippen LogP contribution in [-0.2, 0) is 19.2 Å². The van der Waals surface area contributed by atoms with Crippen molar-refractivity contribution >= 4 is 41.9 Å². The van der Waals surface area contributed by atoms with Crippen LogP contribution in [0.2, 0.25) is 0 Å². The summed E-state index contributed by atoms with van der Waals surface area (Å²) in [5.74, 6) is -1.85. The molecule has 1 aliphatic heterocycles. The summed E-state index contributed by atoms with van der Waals surface area (Å²) in [6.45, 7) is 4.29. The van der Waals surface area contributed by atoms with E-state index in [0.29, 0.717) is 17.1 Å². The van der Waals surface area contributed by atoms with Crippen molar-refractivity contribution in [2.75, 3.05) is 13.1 Å². The average molecular weight is 404 g/mol. The van der Waals surface area contributed by atoms with Crippen molar-refractivity contribution in [3.8, 4) is 0 Å². The Morgan fingerprint density at radius 3 is 2.43 bits per heavy atom. The van der Waals surface area contributed by atoms with Crippen molar-refractivity contribution in [3.63, 3.8) is 0 Å². The number of imide groups is 1. The molecule has 3 amide bonds. The fraction of sp³-hybridized carbons (Fsp3) is 0.400. The maximum atomic E-state index is 12.2. The Labute approximate surface area is 169 Å². The molecule has 0 spiro atoms. The highest BCUT2D eigenvalue weighted by Gasteiger charge is 2.35. The van der Waals surface area contributed by atoms with Crippen LogP contribution < -0.4 is 5.32 Å². The summed E-state index contributed by atoms with van der Waals surface area (Å²) in [6, 6.07) is 7.41. The number of benzene rings is 1. The van der Waals surface area contributed by atoms with E-state index in [2.05, 4.69) is 31.8 Å². The zero-order valence-electron chi connectivity index (χ0n) is 15.8. The molecule has 0 aliphatic carbocycles. The van der Waals surface area contributed by atoms with Crippen molar-refractivity contribution in [1.29, 1.82) is 0 Å². The largest absolute Gasteiger partial charge is 0.478 e. The van der Waals surface area contributed by atoms with E-state index >= 15 is 0 Å². The molecule has 1 aromatic rings. The first kappa shape index (κ1) is 21.7. The predicted octanol–water partition coefficient (Wildman–Crippen LogP) is 1.84. The van der Waals surface area contributed by atoms with Gasteiger partial charge in [0.2, 0.25) is 17.7 Å². The van der Waals surface area contributed by atoms with Gasteiger partial charge in [-0.25, -0.2) is 4.79 Å². The molecule has 1 saturated heterocycles. The Morgan fingerprint density at radius 1 is 1.29 bits per heavy atom. The van der Waals surface area contributed by atoms with Gasteiger partial charge in [-0.1, -0.05) is 38.1 Å². The number of hydrogen-bond acceptors (Lipinski definition) is 5. The van der Waals surface area contributed by atoms with Crippen LogP contribution in [0.15, 0.2) is 30.3 Å². The molecule has 1 unspecified atom stereocenters. The number of carboxylic acid groups (broad SMARTS) is 1. The standard InChI is InChI=1S/C20H24N2O5S/c1-12(2)13-3-5-14(6-4-13)15(10-19(25)26)9-17(23)21-7-8-22-18(24)11-16(28)20(22)27/h3-6,10,12,16,28H,7-9,11H2,1-2H3,(H,21,23)(H,25,26)/b15-10+. The molecule has 2 N–H and O–H groups in total. The third-order valence-corrected chi connectivity index (χ3v) is 4.88. The van der Waals surface area contributed by atoms with E-state index in [4.69, 9.17) is 5.11 Å². The first-order valence-electron chi connectivity index (χ1n) is 9.01. The SMILES string of the molecule is CC(C)c1ccc(/C(=C/C(=O)O)CC(=O)NCCN2C(=O)CC(S)C2=O)cc1. The number of aliphatic carboxylic acids is 1. The quantitative estimate of drug-likeness (QED) is 0.348. The van der Waals surface area contributed by atoms with Gasteiger partial charge >= 0.3 is 5.97 Å². The zero-order valence-corrected chi connectivity index (χ0v) is 16.7. The van der Waals surface area contributed by atoms with Gasteiger partial charge in [0.15, 0.2) is 0 Å². The first-order valence-corrected chi connectivity index (χ1v) is 9.53. The maximum absolute atomic E-state index is 12.2. The fourth-order valence-electron chi connectivity index (χ4n) is 2.91. The number of likely N-dealkylation sites (tertiary alicyclic amines) is 1. The summed E-state index contributed by atoms with van der Waals surface area (Å²) in [5, 5.41) is 11.1. The molecular formula is C20H24N2O5S. The van der Waals surface area contributed by atoms with E-state index in [0.717, 1.165) is 16.5 Å². The molecule has 2 rings (SSSR count). The molecular weight excluding hydrogens is 380 g/mol. The molecule has 0 radical (unpaired) electrons. The maximum Gasteiger partial charge on any atom is 0.328 e. The van der Waals surface area contributed by atoms with Gasteiger partial charge in [-0.15, -0.1) is 0 Å². The van der Waals surface area contributed by atoms with Gasteiger partial charge < -0.3 is 10.4 Å². The summed E-state index contributed by atoms with van der Waals surface area (Å²) in [4.78, 5) is 47.9. The molecule has 150 valence electrons. The van der Waals surface area contributed by atoms with Gasteiger partial charge in [0, 0.05) is 25.6 Å². The van der Waals surface area contributed by atoms with Gasteiger partial charge in [-0.2, -0.15) is 12.6 Å². The summed E-state index contributed by atoms with van der Waals surface area (Å²) in [5.41, 5.74) is 2.15. The van der Waals surface area contributed by atoms with Gasteiger partial charge in [0.05, 0.1) is 11.7 Å². The van der Waals surface area contributed by atoms with Crippen LogP contribution in [0.3, 0.4) is 0 Å². The average Bonchev–Trinajstić information content (AvgIpc) is 2.87. The topological polar surface area (TPSA) is 104 Å². The van der Waals surface area contributed by atoms with Gasteiger partial charge in [0.1, 0.15) is 0 Å². The highest BCUT2D eigenvalue weighted by molar-refractivity contribution is 7.81. The molecule has 1 fully saturated rings. The Kier molecular flexibility index (Phi) is 7.39. The molecule has 0 aromatic heterocycles. The zero-order chi connectivity index (χ0) is 20.8. The number of nitrogens with one attached hydrogen (secondary N) is 1. The van der Waals surface area contributed by atoms with Crippen LogP contribution in [0.25, 0.3) is 5.57 Å². The Balaban J connectivity index is 1.97. The van der Waals surface area contributed by atoms with E-state index in [1.165, 1.54) is 0 Å². The number of carbonyl (C=O) groups excluding carboxylic acids is 3. The van der Waals surface area contributed by atoms with Crippen LogP contribution in [0.1, 0.15) is 43.7 Å². The monoisotopic (exact) mass is 404 g/mol. The third kappa shape index (κ3) is 5.69. The second kappa shape index (κ2) is 9.54. The normalized spacial score (nSPS) is 17.4. The van der Waals surface area contributed by atoms with Crippen LogP contribution in [-0.4, -0.2) is 52.0 Å². The highest BCUT2D eigenvalue weighted by Crippen LogP contribution is 2.22. The Morgan fingerprint density at radius 2 is 1.93 bits per heavy atom. The minimum atomic E-state index is -1.14. The number of amides is 3. The Bertz CT molecular complexity index is 801. The van der Waals surface area contributed by atoms with E-state index in [-0.39, 0.29) is 43.7 Å². The van der Waals surface area contributed by atoms with E-state index < -0.39 is 11.2 Å². The summed E-state index contributed by atoms with van der Waals surface area (Å²) >= 11 is 4.04. The summed E-state index contributed by atoms with van der Waals surface area (Å²) in [7, 11) is 0. The summed E-state index contributed by atoms with van der Waals surface area (Å²) in [6.07, 6.45) is 0.959. The van der Waals surface area contributed by atoms with E-state index in [1.807, 2.05) is 12.1 Å². The number of thiol groups is 1. The predicted molar refractivity (Wildman–Crippen MR) is 108 cm³/mol. The molecule has 1 aromatic carbocycles. The van der Waals surface area contributed by atoms with Crippen molar-refractivity contribution in [2.45, 2.75) is 37.9 Å².